The topological polar surface area (TPSA) is 97.1 Å². The number of rotatable bonds is 6. The third-order valence-corrected chi connectivity index (χ3v) is 3.16. The van der Waals surface area contributed by atoms with E-state index >= 15 is 0 Å². The van der Waals surface area contributed by atoms with Crippen LogP contribution in [0.2, 0.25) is 5.15 Å². The highest BCUT2D eigenvalue weighted by Gasteiger charge is 2.08. The Kier molecular flexibility index (Phi) is 6.03. The molecule has 100 valence electrons. The van der Waals surface area contributed by atoms with Crippen molar-refractivity contribution in [2.75, 3.05) is 24.0 Å². The van der Waals surface area contributed by atoms with Crippen LogP contribution in [0.4, 0.5) is 5.82 Å². The third kappa shape index (κ3) is 4.99. The molecule has 1 aromatic heterocycles. The Labute approximate surface area is 113 Å². The lowest BCUT2D eigenvalue weighted by atomic mass is 10.2. The largest absolute Gasteiger partial charge is 0.352 e. The van der Waals surface area contributed by atoms with Gasteiger partial charge in [0, 0.05) is 34.9 Å². The van der Waals surface area contributed by atoms with E-state index in [9.17, 15) is 9.00 Å². The quantitative estimate of drug-likeness (QED) is 0.307. The number of hydrazine groups is 1. The summed E-state index contributed by atoms with van der Waals surface area (Å²) in [6.07, 6.45) is 2.29. The zero-order chi connectivity index (χ0) is 13.5. The molecule has 0 bridgehead atoms. The number of hydrogen-bond acceptors (Lipinski definition) is 5. The monoisotopic (exact) mass is 290 g/mol. The van der Waals surface area contributed by atoms with Gasteiger partial charge in [0.05, 0.1) is 0 Å². The van der Waals surface area contributed by atoms with E-state index in [1.807, 2.05) is 0 Å². The molecule has 0 aliphatic heterocycles. The molecule has 0 aliphatic carbocycles. The van der Waals surface area contributed by atoms with Crippen molar-refractivity contribution in [3.63, 3.8) is 0 Å². The number of nitrogens with two attached hydrogens (primary N) is 1. The van der Waals surface area contributed by atoms with E-state index in [4.69, 9.17) is 17.4 Å². The molecule has 18 heavy (non-hydrogen) atoms. The first-order chi connectivity index (χ1) is 8.52. The van der Waals surface area contributed by atoms with Gasteiger partial charge in [-0.2, -0.15) is 0 Å². The maximum atomic E-state index is 11.8. The van der Waals surface area contributed by atoms with Crippen LogP contribution in [0.15, 0.2) is 12.1 Å². The van der Waals surface area contributed by atoms with Gasteiger partial charge in [0.25, 0.3) is 5.91 Å². The second-order valence-electron chi connectivity index (χ2n) is 3.59. The summed E-state index contributed by atoms with van der Waals surface area (Å²) in [5, 5.41) is 2.89. The first kappa shape index (κ1) is 14.9. The molecule has 1 atom stereocenters. The number of carbonyl (C=O) groups excluding carboxylic acids is 1. The van der Waals surface area contributed by atoms with Crippen LogP contribution >= 0.6 is 11.6 Å². The van der Waals surface area contributed by atoms with Gasteiger partial charge in [-0.05, 0) is 18.6 Å². The molecule has 1 unspecified atom stereocenters. The molecule has 1 rings (SSSR count). The molecule has 4 N–H and O–H groups in total. The summed E-state index contributed by atoms with van der Waals surface area (Å²) in [7, 11) is -0.842. The zero-order valence-electron chi connectivity index (χ0n) is 9.90. The number of anilines is 1. The number of nitrogen functional groups attached to an aromatic ring is 1. The van der Waals surface area contributed by atoms with Crippen LogP contribution in [-0.2, 0) is 10.8 Å². The van der Waals surface area contributed by atoms with E-state index in [0.29, 0.717) is 30.1 Å². The zero-order valence-corrected chi connectivity index (χ0v) is 11.5. The molecule has 1 heterocycles. The SMILES string of the molecule is CS(=O)CCCNC(=O)c1cc(Cl)nc(NN)c1. The fourth-order valence-electron chi connectivity index (χ4n) is 1.28. The van der Waals surface area contributed by atoms with E-state index in [1.54, 1.807) is 6.26 Å². The van der Waals surface area contributed by atoms with E-state index < -0.39 is 10.8 Å². The fraction of sp³-hybridized carbons (Fsp3) is 0.400. The number of carbonyl (C=O) groups is 1. The van der Waals surface area contributed by atoms with E-state index in [-0.39, 0.29) is 11.1 Å². The molecule has 8 heteroatoms. The number of nitrogens with zero attached hydrogens (tertiary/aromatic N) is 1. The second kappa shape index (κ2) is 7.30. The summed E-state index contributed by atoms with van der Waals surface area (Å²) in [6, 6.07) is 2.95. The molecule has 1 aromatic rings. The average Bonchev–Trinajstić information content (AvgIpc) is 2.33. The van der Waals surface area contributed by atoms with Crippen LogP contribution < -0.4 is 16.6 Å². The average molecular weight is 291 g/mol. The summed E-state index contributed by atoms with van der Waals surface area (Å²) in [4.78, 5) is 15.6. The number of amides is 1. The van der Waals surface area contributed by atoms with Crippen LogP contribution in [-0.4, -0.2) is 33.7 Å². The third-order valence-electron chi connectivity index (χ3n) is 2.10. The molecular weight excluding hydrogens is 276 g/mol. The van der Waals surface area contributed by atoms with Crippen molar-refractivity contribution in [3.05, 3.63) is 22.8 Å². The molecule has 0 aromatic carbocycles. The van der Waals surface area contributed by atoms with Gasteiger partial charge in [-0.1, -0.05) is 11.6 Å². The van der Waals surface area contributed by atoms with E-state index in [2.05, 4.69) is 15.7 Å². The Balaban J connectivity index is 2.55. The van der Waals surface area contributed by atoms with Crippen LogP contribution in [0.25, 0.3) is 0 Å². The van der Waals surface area contributed by atoms with Crippen molar-refractivity contribution in [1.29, 1.82) is 0 Å². The number of nitrogens with one attached hydrogen (secondary N) is 2. The first-order valence-electron chi connectivity index (χ1n) is 5.25. The molecule has 6 nitrogen and oxygen atoms in total. The van der Waals surface area contributed by atoms with Gasteiger partial charge in [0.15, 0.2) is 0 Å². The number of hydrogen-bond donors (Lipinski definition) is 3. The lowest BCUT2D eigenvalue weighted by Crippen LogP contribution is -2.25. The van der Waals surface area contributed by atoms with E-state index in [0.717, 1.165) is 0 Å². The predicted molar refractivity (Wildman–Crippen MR) is 72.9 cm³/mol. The van der Waals surface area contributed by atoms with Gasteiger partial charge in [-0.3, -0.25) is 9.00 Å². The van der Waals surface area contributed by atoms with Crippen molar-refractivity contribution >= 4 is 34.1 Å². The number of halogens is 1. The Morgan fingerprint density at radius 2 is 2.28 bits per heavy atom. The summed E-state index contributed by atoms with van der Waals surface area (Å²) >= 11 is 5.75. The van der Waals surface area contributed by atoms with Crippen molar-refractivity contribution in [2.45, 2.75) is 6.42 Å². The Morgan fingerprint density at radius 1 is 1.56 bits per heavy atom. The Bertz CT molecular complexity index is 456. The van der Waals surface area contributed by atoms with Gasteiger partial charge in [0.2, 0.25) is 0 Å². The Hall–Kier alpha value is -1.18. The van der Waals surface area contributed by atoms with Crippen LogP contribution in [0.5, 0.6) is 0 Å². The van der Waals surface area contributed by atoms with Crippen molar-refractivity contribution in [3.8, 4) is 0 Å². The summed E-state index contributed by atoms with van der Waals surface area (Å²) in [6.45, 7) is 0.462. The summed E-state index contributed by atoms with van der Waals surface area (Å²) in [5.74, 6) is 5.82. The highest BCUT2D eigenvalue weighted by molar-refractivity contribution is 7.84. The van der Waals surface area contributed by atoms with Crippen LogP contribution in [0.3, 0.4) is 0 Å². The maximum Gasteiger partial charge on any atom is 0.251 e. The number of aromatic nitrogens is 1. The predicted octanol–water partition coefficient (Wildman–Crippen LogP) is 0.519. The van der Waals surface area contributed by atoms with Gasteiger partial charge in [-0.15, -0.1) is 0 Å². The minimum absolute atomic E-state index is 0.185. The standard InChI is InChI=1S/C10H15ClN4O2S/c1-18(17)4-2-3-13-10(16)7-5-8(11)14-9(6-7)15-12/h5-6H,2-4,12H2,1H3,(H,13,16)(H,14,15). The highest BCUT2D eigenvalue weighted by Crippen LogP contribution is 2.13. The van der Waals surface area contributed by atoms with Crippen molar-refractivity contribution < 1.29 is 9.00 Å². The lowest BCUT2D eigenvalue weighted by Gasteiger charge is -2.06. The summed E-state index contributed by atoms with van der Waals surface area (Å²) in [5.41, 5.74) is 2.71. The van der Waals surface area contributed by atoms with Crippen molar-refractivity contribution in [2.24, 2.45) is 5.84 Å². The molecule has 0 aliphatic rings. The van der Waals surface area contributed by atoms with Crippen molar-refractivity contribution in [1.82, 2.24) is 10.3 Å². The minimum Gasteiger partial charge on any atom is -0.352 e. The highest BCUT2D eigenvalue weighted by atomic mass is 35.5. The molecule has 1 amide bonds. The van der Waals surface area contributed by atoms with Gasteiger partial charge >= 0.3 is 0 Å². The molecule has 0 radical (unpaired) electrons. The van der Waals surface area contributed by atoms with Gasteiger partial charge in [-0.25, -0.2) is 10.8 Å². The van der Waals surface area contributed by atoms with E-state index in [1.165, 1.54) is 12.1 Å². The van der Waals surface area contributed by atoms with Crippen LogP contribution in [0, 0.1) is 0 Å². The molecule has 0 spiro atoms. The fourth-order valence-corrected chi connectivity index (χ4v) is 2.04. The molecular formula is C10H15ClN4O2S. The first-order valence-corrected chi connectivity index (χ1v) is 7.36. The molecule has 0 fully saturated rings. The minimum atomic E-state index is -0.842. The summed E-state index contributed by atoms with van der Waals surface area (Å²) < 4.78 is 10.8. The van der Waals surface area contributed by atoms with Gasteiger partial charge < -0.3 is 10.7 Å². The molecule has 0 saturated heterocycles. The van der Waals surface area contributed by atoms with Gasteiger partial charge in [0.1, 0.15) is 11.0 Å². The number of pyridine rings is 1. The normalized spacial score (nSPS) is 11.9. The second-order valence-corrected chi connectivity index (χ2v) is 5.54. The smallest absolute Gasteiger partial charge is 0.251 e. The van der Waals surface area contributed by atoms with Crippen LogP contribution in [0.1, 0.15) is 16.8 Å². The maximum absolute atomic E-state index is 11.8. The Morgan fingerprint density at radius 3 is 2.89 bits per heavy atom. The molecule has 0 saturated carbocycles. The lowest BCUT2D eigenvalue weighted by molar-refractivity contribution is 0.0953.